The Balaban J connectivity index is 1.94. The van der Waals surface area contributed by atoms with E-state index in [0.717, 1.165) is 41.7 Å². The summed E-state index contributed by atoms with van der Waals surface area (Å²) in [5.74, 6) is 1.26. The molecule has 3 heteroatoms. The van der Waals surface area contributed by atoms with Gasteiger partial charge in [-0.25, -0.2) is 0 Å². The SMILES string of the molecule is C[C@@H](O)c1ccc2ccccc2c1OCC1CCOC1. The van der Waals surface area contributed by atoms with Crippen LogP contribution in [0.5, 0.6) is 5.75 Å². The van der Waals surface area contributed by atoms with Crippen LogP contribution >= 0.6 is 0 Å². The lowest BCUT2D eigenvalue weighted by Crippen LogP contribution is -2.13. The molecule has 3 rings (SSSR count). The van der Waals surface area contributed by atoms with Crippen LogP contribution in [0.15, 0.2) is 36.4 Å². The number of fused-ring (bicyclic) bond motifs is 1. The minimum atomic E-state index is -0.533. The Morgan fingerprint density at radius 1 is 1.30 bits per heavy atom. The molecule has 0 bridgehead atoms. The van der Waals surface area contributed by atoms with Crippen molar-refractivity contribution in [2.45, 2.75) is 19.4 Å². The summed E-state index contributed by atoms with van der Waals surface area (Å²) in [6, 6.07) is 12.1. The molecule has 0 radical (unpaired) electrons. The van der Waals surface area contributed by atoms with Crippen molar-refractivity contribution in [1.29, 1.82) is 0 Å². The molecular weight excluding hydrogens is 252 g/mol. The lowest BCUT2D eigenvalue weighted by Gasteiger charge is -2.18. The van der Waals surface area contributed by atoms with E-state index in [1.54, 1.807) is 6.92 Å². The molecule has 3 nitrogen and oxygen atoms in total. The Kier molecular flexibility index (Phi) is 3.90. The van der Waals surface area contributed by atoms with E-state index in [1.165, 1.54) is 0 Å². The molecule has 2 atom stereocenters. The summed E-state index contributed by atoms with van der Waals surface area (Å²) >= 11 is 0. The Labute approximate surface area is 119 Å². The van der Waals surface area contributed by atoms with Gasteiger partial charge in [-0.05, 0) is 18.7 Å². The molecular formula is C17H20O3. The predicted molar refractivity (Wildman–Crippen MR) is 79.0 cm³/mol. The van der Waals surface area contributed by atoms with Crippen molar-refractivity contribution in [3.63, 3.8) is 0 Å². The normalized spacial score (nSPS) is 20.2. The summed E-state index contributed by atoms with van der Waals surface area (Å²) in [6.07, 6.45) is 0.517. The fourth-order valence-electron chi connectivity index (χ4n) is 2.67. The molecule has 2 aromatic carbocycles. The van der Waals surface area contributed by atoms with Crippen molar-refractivity contribution >= 4 is 10.8 Å². The number of aliphatic hydroxyl groups excluding tert-OH is 1. The number of ether oxygens (including phenoxy) is 2. The fraction of sp³-hybridized carbons (Fsp3) is 0.412. The summed E-state index contributed by atoms with van der Waals surface area (Å²) in [5, 5.41) is 12.1. The van der Waals surface area contributed by atoms with Crippen molar-refractivity contribution in [2.75, 3.05) is 19.8 Å². The van der Waals surface area contributed by atoms with Gasteiger partial charge in [-0.3, -0.25) is 0 Å². The first-order valence-corrected chi connectivity index (χ1v) is 7.16. The highest BCUT2D eigenvalue weighted by molar-refractivity contribution is 5.89. The van der Waals surface area contributed by atoms with E-state index < -0.39 is 6.10 Å². The largest absolute Gasteiger partial charge is 0.492 e. The number of hydrogen-bond donors (Lipinski definition) is 1. The first-order valence-electron chi connectivity index (χ1n) is 7.16. The highest BCUT2D eigenvalue weighted by Crippen LogP contribution is 2.34. The molecule has 1 heterocycles. The molecule has 0 aromatic heterocycles. The molecule has 20 heavy (non-hydrogen) atoms. The number of hydrogen-bond acceptors (Lipinski definition) is 3. The summed E-state index contributed by atoms with van der Waals surface area (Å²) in [6.45, 7) is 4.02. The Hall–Kier alpha value is -1.58. The van der Waals surface area contributed by atoms with Crippen LogP contribution in [0.3, 0.4) is 0 Å². The molecule has 0 amide bonds. The first kappa shape index (κ1) is 13.4. The van der Waals surface area contributed by atoms with Crippen molar-refractivity contribution in [3.05, 3.63) is 42.0 Å². The summed E-state index contributed by atoms with van der Waals surface area (Å²) in [5.41, 5.74) is 0.850. The lowest BCUT2D eigenvalue weighted by atomic mass is 10.0. The topological polar surface area (TPSA) is 38.7 Å². The van der Waals surface area contributed by atoms with Gasteiger partial charge in [0, 0.05) is 23.5 Å². The minimum Gasteiger partial charge on any atom is -0.492 e. The standard InChI is InChI=1S/C17H20O3/c1-12(18)15-7-6-14-4-2-3-5-16(14)17(15)20-11-13-8-9-19-10-13/h2-7,12-13,18H,8-11H2,1H3/t12-,13?/m1/s1. The van der Waals surface area contributed by atoms with Crippen LogP contribution in [0.1, 0.15) is 25.0 Å². The second-order valence-electron chi connectivity index (χ2n) is 5.42. The van der Waals surface area contributed by atoms with E-state index in [2.05, 4.69) is 6.07 Å². The van der Waals surface area contributed by atoms with Gasteiger partial charge in [0.25, 0.3) is 0 Å². The Morgan fingerprint density at radius 3 is 2.90 bits per heavy atom. The van der Waals surface area contributed by atoms with Gasteiger partial charge in [-0.1, -0.05) is 36.4 Å². The van der Waals surface area contributed by atoms with Crippen LogP contribution in [-0.2, 0) is 4.74 Å². The fourth-order valence-corrected chi connectivity index (χ4v) is 2.67. The third-order valence-corrected chi connectivity index (χ3v) is 3.85. The third kappa shape index (κ3) is 2.65. The van der Waals surface area contributed by atoms with Crippen LogP contribution in [0.25, 0.3) is 10.8 Å². The Bertz CT molecular complexity index is 586. The van der Waals surface area contributed by atoms with Gasteiger partial charge in [-0.2, -0.15) is 0 Å². The lowest BCUT2D eigenvalue weighted by molar-refractivity contribution is 0.162. The van der Waals surface area contributed by atoms with E-state index in [4.69, 9.17) is 9.47 Å². The molecule has 106 valence electrons. The molecule has 2 aromatic rings. The monoisotopic (exact) mass is 272 g/mol. The van der Waals surface area contributed by atoms with E-state index in [-0.39, 0.29) is 0 Å². The van der Waals surface area contributed by atoms with Gasteiger partial charge in [-0.15, -0.1) is 0 Å². The van der Waals surface area contributed by atoms with E-state index >= 15 is 0 Å². The average Bonchev–Trinajstić information content (AvgIpc) is 2.97. The molecule has 0 aliphatic carbocycles. The molecule has 1 N–H and O–H groups in total. The molecule has 0 saturated carbocycles. The van der Waals surface area contributed by atoms with Crippen molar-refractivity contribution in [1.82, 2.24) is 0 Å². The zero-order valence-electron chi connectivity index (χ0n) is 11.7. The molecule has 0 spiro atoms. The first-order chi connectivity index (χ1) is 9.75. The Morgan fingerprint density at radius 2 is 2.15 bits per heavy atom. The van der Waals surface area contributed by atoms with Gasteiger partial charge < -0.3 is 14.6 Å². The minimum absolute atomic E-state index is 0.454. The highest BCUT2D eigenvalue weighted by atomic mass is 16.5. The number of rotatable bonds is 4. The second-order valence-corrected chi connectivity index (χ2v) is 5.42. The zero-order chi connectivity index (χ0) is 13.9. The molecule has 1 saturated heterocycles. The summed E-state index contributed by atoms with van der Waals surface area (Å²) in [7, 11) is 0. The molecule has 1 unspecified atom stereocenters. The molecule has 1 aliphatic rings. The molecule has 1 fully saturated rings. The van der Waals surface area contributed by atoms with Gasteiger partial charge in [0.05, 0.1) is 19.3 Å². The second kappa shape index (κ2) is 5.81. The zero-order valence-corrected chi connectivity index (χ0v) is 11.7. The molecule has 1 aliphatic heterocycles. The summed E-state index contributed by atoms with van der Waals surface area (Å²) < 4.78 is 11.4. The van der Waals surface area contributed by atoms with Crippen LogP contribution < -0.4 is 4.74 Å². The predicted octanol–water partition coefficient (Wildman–Crippen LogP) is 3.31. The van der Waals surface area contributed by atoms with Gasteiger partial charge in [0.2, 0.25) is 0 Å². The van der Waals surface area contributed by atoms with Crippen LogP contribution in [0.2, 0.25) is 0 Å². The van der Waals surface area contributed by atoms with Crippen LogP contribution in [0.4, 0.5) is 0 Å². The van der Waals surface area contributed by atoms with E-state index in [9.17, 15) is 5.11 Å². The van der Waals surface area contributed by atoms with E-state index in [1.807, 2.05) is 30.3 Å². The van der Waals surface area contributed by atoms with Crippen molar-refractivity contribution < 1.29 is 14.6 Å². The van der Waals surface area contributed by atoms with Crippen molar-refractivity contribution in [3.8, 4) is 5.75 Å². The van der Waals surface area contributed by atoms with Crippen molar-refractivity contribution in [2.24, 2.45) is 5.92 Å². The highest BCUT2D eigenvalue weighted by Gasteiger charge is 2.19. The maximum Gasteiger partial charge on any atom is 0.132 e. The van der Waals surface area contributed by atoms with Crippen LogP contribution in [-0.4, -0.2) is 24.9 Å². The summed E-state index contributed by atoms with van der Waals surface area (Å²) in [4.78, 5) is 0. The maximum atomic E-state index is 9.95. The third-order valence-electron chi connectivity index (χ3n) is 3.85. The maximum absolute atomic E-state index is 9.95. The quantitative estimate of drug-likeness (QED) is 0.928. The average molecular weight is 272 g/mol. The van der Waals surface area contributed by atoms with Gasteiger partial charge in [0.15, 0.2) is 0 Å². The smallest absolute Gasteiger partial charge is 0.132 e. The van der Waals surface area contributed by atoms with Crippen LogP contribution in [0, 0.1) is 5.92 Å². The van der Waals surface area contributed by atoms with E-state index in [0.29, 0.717) is 12.5 Å². The number of aliphatic hydroxyl groups is 1. The number of benzene rings is 2. The van der Waals surface area contributed by atoms with Gasteiger partial charge >= 0.3 is 0 Å². The van der Waals surface area contributed by atoms with Gasteiger partial charge in [0.1, 0.15) is 5.75 Å².